The lowest BCUT2D eigenvalue weighted by Crippen LogP contribution is -2.04. The standard InChI is InChI=1S/C11H13Cl2NO/c1-8(15)3-2-6-14-11-7-9(12)4-5-10(11)13/h4-5,7,14H,2-3,6H2,1H3. The monoisotopic (exact) mass is 245 g/mol. The van der Waals surface area contributed by atoms with Crippen molar-refractivity contribution in [1.29, 1.82) is 0 Å². The Morgan fingerprint density at radius 2 is 2.13 bits per heavy atom. The van der Waals surface area contributed by atoms with Crippen LogP contribution in [0.2, 0.25) is 10.0 Å². The van der Waals surface area contributed by atoms with E-state index in [-0.39, 0.29) is 5.78 Å². The Labute approximate surface area is 99.6 Å². The highest BCUT2D eigenvalue weighted by molar-refractivity contribution is 6.35. The maximum absolute atomic E-state index is 10.7. The van der Waals surface area contributed by atoms with E-state index in [9.17, 15) is 4.79 Å². The second kappa shape index (κ2) is 5.99. The van der Waals surface area contributed by atoms with Crippen molar-refractivity contribution in [3.63, 3.8) is 0 Å². The van der Waals surface area contributed by atoms with Gasteiger partial charge in [0.15, 0.2) is 0 Å². The molecule has 0 atom stereocenters. The van der Waals surface area contributed by atoms with E-state index in [1.54, 1.807) is 25.1 Å². The van der Waals surface area contributed by atoms with Gasteiger partial charge in [0.25, 0.3) is 0 Å². The Morgan fingerprint density at radius 1 is 1.40 bits per heavy atom. The molecule has 0 unspecified atom stereocenters. The molecule has 1 rings (SSSR count). The summed E-state index contributed by atoms with van der Waals surface area (Å²) in [7, 11) is 0. The van der Waals surface area contributed by atoms with E-state index in [4.69, 9.17) is 23.2 Å². The summed E-state index contributed by atoms with van der Waals surface area (Å²) < 4.78 is 0. The summed E-state index contributed by atoms with van der Waals surface area (Å²) >= 11 is 11.8. The number of nitrogens with one attached hydrogen (secondary N) is 1. The third-order valence-corrected chi connectivity index (χ3v) is 2.51. The predicted molar refractivity (Wildman–Crippen MR) is 64.9 cm³/mol. The van der Waals surface area contributed by atoms with E-state index >= 15 is 0 Å². The highest BCUT2D eigenvalue weighted by atomic mass is 35.5. The van der Waals surface area contributed by atoms with Crippen LogP contribution in [-0.2, 0) is 4.79 Å². The van der Waals surface area contributed by atoms with Gasteiger partial charge >= 0.3 is 0 Å². The largest absolute Gasteiger partial charge is 0.384 e. The molecular formula is C11H13Cl2NO. The van der Waals surface area contributed by atoms with Crippen LogP contribution in [0.5, 0.6) is 0 Å². The number of rotatable bonds is 5. The Morgan fingerprint density at radius 3 is 2.80 bits per heavy atom. The molecule has 1 aromatic carbocycles. The summed E-state index contributed by atoms with van der Waals surface area (Å²) in [4.78, 5) is 10.7. The fraction of sp³-hybridized carbons (Fsp3) is 0.364. The van der Waals surface area contributed by atoms with E-state index in [0.29, 0.717) is 16.5 Å². The molecule has 82 valence electrons. The van der Waals surface area contributed by atoms with Gasteiger partial charge in [0, 0.05) is 18.0 Å². The van der Waals surface area contributed by atoms with Gasteiger partial charge in [-0.2, -0.15) is 0 Å². The molecule has 0 spiro atoms. The fourth-order valence-corrected chi connectivity index (χ4v) is 1.55. The van der Waals surface area contributed by atoms with E-state index in [1.807, 2.05) is 0 Å². The molecule has 0 saturated carbocycles. The minimum Gasteiger partial charge on any atom is -0.384 e. The Hall–Kier alpha value is -0.730. The van der Waals surface area contributed by atoms with Crippen molar-refractivity contribution in [2.45, 2.75) is 19.8 Å². The van der Waals surface area contributed by atoms with Crippen LogP contribution < -0.4 is 5.32 Å². The second-order valence-corrected chi connectivity index (χ2v) is 4.20. The van der Waals surface area contributed by atoms with Crippen molar-refractivity contribution in [2.75, 3.05) is 11.9 Å². The van der Waals surface area contributed by atoms with Crippen molar-refractivity contribution in [3.8, 4) is 0 Å². The first-order valence-corrected chi connectivity index (χ1v) is 5.53. The minimum atomic E-state index is 0.203. The number of hydrogen-bond acceptors (Lipinski definition) is 2. The quantitative estimate of drug-likeness (QED) is 0.801. The van der Waals surface area contributed by atoms with Crippen LogP contribution in [0.15, 0.2) is 18.2 Å². The number of benzene rings is 1. The van der Waals surface area contributed by atoms with E-state index < -0.39 is 0 Å². The van der Waals surface area contributed by atoms with E-state index in [0.717, 1.165) is 18.7 Å². The van der Waals surface area contributed by atoms with Crippen LogP contribution in [0.4, 0.5) is 5.69 Å². The lowest BCUT2D eigenvalue weighted by molar-refractivity contribution is -0.117. The SMILES string of the molecule is CC(=O)CCCNc1cc(Cl)ccc1Cl. The van der Waals surface area contributed by atoms with Gasteiger partial charge in [-0.1, -0.05) is 23.2 Å². The van der Waals surface area contributed by atoms with Crippen LogP contribution >= 0.6 is 23.2 Å². The number of Topliss-reactive ketones (excluding diaryl/α,β-unsaturated/α-hetero) is 1. The van der Waals surface area contributed by atoms with Crippen LogP contribution in [0.25, 0.3) is 0 Å². The molecule has 0 radical (unpaired) electrons. The molecule has 0 fully saturated rings. The number of anilines is 1. The van der Waals surface area contributed by atoms with Gasteiger partial charge in [0.1, 0.15) is 5.78 Å². The average molecular weight is 246 g/mol. The van der Waals surface area contributed by atoms with Crippen LogP contribution in [0.1, 0.15) is 19.8 Å². The highest BCUT2D eigenvalue weighted by Gasteiger charge is 2.00. The summed E-state index contributed by atoms with van der Waals surface area (Å²) in [5.41, 5.74) is 0.813. The predicted octanol–water partition coefficient (Wildman–Crippen LogP) is 3.77. The minimum absolute atomic E-state index is 0.203. The zero-order valence-electron chi connectivity index (χ0n) is 8.52. The molecule has 0 bridgehead atoms. The van der Waals surface area contributed by atoms with Gasteiger partial charge in [-0.3, -0.25) is 0 Å². The normalized spacial score (nSPS) is 10.1. The number of carbonyl (C=O) groups is 1. The van der Waals surface area contributed by atoms with Crippen LogP contribution in [0, 0.1) is 0 Å². The molecule has 15 heavy (non-hydrogen) atoms. The fourth-order valence-electron chi connectivity index (χ4n) is 1.19. The van der Waals surface area contributed by atoms with Gasteiger partial charge in [-0.05, 0) is 31.5 Å². The highest BCUT2D eigenvalue weighted by Crippen LogP contribution is 2.25. The number of carbonyl (C=O) groups excluding carboxylic acids is 1. The van der Waals surface area contributed by atoms with Gasteiger partial charge < -0.3 is 10.1 Å². The molecule has 0 aromatic heterocycles. The van der Waals surface area contributed by atoms with Gasteiger partial charge in [0.2, 0.25) is 0 Å². The lowest BCUT2D eigenvalue weighted by atomic mass is 10.2. The maximum atomic E-state index is 10.7. The topological polar surface area (TPSA) is 29.1 Å². The van der Waals surface area contributed by atoms with Crippen molar-refractivity contribution in [1.82, 2.24) is 0 Å². The van der Waals surface area contributed by atoms with Crippen molar-refractivity contribution < 1.29 is 4.79 Å². The molecule has 0 heterocycles. The Bertz CT molecular complexity index is 352. The number of ketones is 1. The zero-order valence-corrected chi connectivity index (χ0v) is 10.0. The first kappa shape index (κ1) is 12.3. The smallest absolute Gasteiger partial charge is 0.129 e. The molecule has 2 nitrogen and oxygen atoms in total. The average Bonchev–Trinajstić information content (AvgIpc) is 2.17. The summed E-state index contributed by atoms with van der Waals surface area (Å²) in [6.45, 7) is 2.31. The molecule has 0 amide bonds. The number of halogens is 2. The van der Waals surface area contributed by atoms with E-state index in [1.165, 1.54) is 0 Å². The second-order valence-electron chi connectivity index (χ2n) is 3.36. The maximum Gasteiger partial charge on any atom is 0.129 e. The van der Waals surface area contributed by atoms with Gasteiger partial charge in [0.05, 0.1) is 10.7 Å². The third-order valence-electron chi connectivity index (χ3n) is 1.95. The lowest BCUT2D eigenvalue weighted by Gasteiger charge is -2.07. The summed E-state index contributed by atoms with van der Waals surface area (Å²) in [6, 6.07) is 5.26. The summed E-state index contributed by atoms with van der Waals surface area (Å²) in [5.74, 6) is 0.203. The molecule has 0 aliphatic rings. The molecule has 0 aliphatic carbocycles. The zero-order chi connectivity index (χ0) is 11.3. The third kappa shape index (κ3) is 4.54. The summed E-state index contributed by atoms with van der Waals surface area (Å²) in [6.07, 6.45) is 1.39. The Kier molecular flexibility index (Phi) is 4.92. The van der Waals surface area contributed by atoms with Gasteiger partial charge in [-0.15, -0.1) is 0 Å². The first-order valence-electron chi connectivity index (χ1n) is 4.78. The molecule has 0 aliphatic heterocycles. The van der Waals surface area contributed by atoms with Crippen LogP contribution in [-0.4, -0.2) is 12.3 Å². The van der Waals surface area contributed by atoms with Gasteiger partial charge in [-0.25, -0.2) is 0 Å². The molecule has 0 saturated heterocycles. The van der Waals surface area contributed by atoms with Crippen molar-refractivity contribution >= 4 is 34.7 Å². The molecule has 1 N–H and O–H groups in total. The summed E-state index contributed by atoms with van der Waals surface area (Å²) in [5, 5.41) is 4.43. The van der Waals surface area contributed by atoms with Crippen molar-refractivity contribution in [2.24, 2.45) is 0 Å². The van der Waals surface area contributed by atoms with Crippen molar-refractivity contribution in [3.05, 3.63) is 28.2 Å². The molecule has 1 aromatic rings. The molecule has 4 heteroatoms. The van der Waals surface area contributed by atoms with Crippen LogP contribution in [0.3, 0.4) is 0 Å². The first-order chi connectivity index (χ1) is 7.09. The number of hydrogen-bond donors (Lipinski definition) is 1. The molecular weight excluding hydrogens is 233 g/mol. The van der Waals surface area contributed by atoms with E-state index in [2.05, 4.69) is 5.32 Å². The Balaban J connectivity index is 2.43.